The summed E-state index contributed by atoms with van der Waals surface area (Å²) < 4.78 is 25.9. The fraction of sp³-hybridized carbons (Fsp3) is 0.900. The van der Waals surface area contributed by atoms with E-state index in [9.17, 15) is 13.6 Å². The summed E-state index contributed by atoms with van der Waals surface area (Å²) in [6, 6.07) is 0. The zero-order chi connectivity index (χ0) is 11.0. The largest absolute Gasteiger partial charge is 0.287 e. The molecule has 0 spiro atoms. The van der Waals surface area contributed by atoms with E-state index >= 15 is 0 Å². The first-order valence-electron chi connectivity index (χ1n) is 5.05. The molecular formula is C10H18F2OS. The van der Waals surface area contributed by atoms with E-state index in [1.807, 2.05) is 0 Å². The first kappa shape index (κ1) is 13.9. The van der Waals surface area contributed by atoms with E-state index in [0.29, 0.717) is 25.0 Å². The highest BCUT2D eigenvalue weighted by Gasteiger charge is 2.26. The van der Waals surface area contributed by atoms with Gasteiger partial charge in [0.25, 0.3) is 0 Å². The molecule has 0 saturated carbocycles. The van der Waals surface area contributed by atoms with E-state index in [4.69, 9.17) is 0 Å². The van der Waals surface area contributed by atoms with Crippen molar-refractivity contribution >= 4 is 16.9 Å². The average molecular weight is 224 g/mol. The van der Waals surface area contributed by atoms with Crippen molar-refractivity contribution in [2.45, 2.75) is 51.9 Å². The van der Waals surface area contributed by atoms with E-state index in [2.05, 4.69) is 0 Å². The molecule has 0 bridgehead atoms. The molecule has 0 aromatic carbocycles. The normalized spacial score (nSPS) is 11.7. The third kappa shape index (κ3) is 7.30. The highest BCUT2D eigenvalue weighted by molar-refractivity contribution is 8.13. The van der Waals surface area contributed by atoms with Gasteiger partial charge in [0.1, 0.15) is 0 Å². The van der Waals surface area contributed by atoms with Crippen LogP contribution in [0.5, 0.6) is 0 Å². The van der Waals surface area contributed by atoms with Crippen LogP contribution < -0.4 is 0 Å². The summed E-state index contributed by atoms with van der Waals surface area (Å²) in [5, 5.41) is 0.0869. The average Bonchev–Trinajstić information content (AvgIpc) is 2.12. The summed E-state index contributed by atoms with van der Waals surface area (Å²) in [7, 11) is 0. The molecule has 0 atom stereocenters. The molecule has 0 aliphatic rings. The van der Waals surface area contributed by atoms with Gasteiger partial charge in [0.2, 0.25) is 5.92 Å². The third-order valence-corrected chi connectivity index (χ3v) is 2.96. The molecule has 0 aliphatic heterocycles. The molecule has 14 heavy (non-hydrogen) atoms. The summed E-state index contributed by atoms with van der Waals surface area (Å²) in [6.07, 6.45) is 1.28. The van der Waals surface area contributed by atoms with Gasteiger partial charge in [-0.3, -0.25) is 4.79 Å². The lowest BCUT2D eigenvalue weighted by Crippen LogP contribution is -2.15. The van der Waals surface area contributed by atoms with Gasteiger partial charge in [-0.1, -0.05) is 32.0 Å². The Morgan fingerprint density at radius 2 is 1.93 bits per heavy atom. The van der Waals surface area contributed by atoms with Gasteiger partial charge in [-0.15, -0.1) is 0 Å². The van der Waals surface area contributed by atoms with Crippen molar-refractivity contribution in [1.29, 1.82) is 0 Å². The van der Waals surface area contributed by atoms with Crippen molar-refractivity contribution in [3.8, 4) is 0 Å². The number of thioether (sulfide) groups is 1. The minimum atomic E-state index is -2.54. The summed E-state index contributed by atoms with van der Waals surface area (Å²) in [5.74, 6) is -2.02. The lowest BCUT2D eigenvalue weighted by Gasteiger charge is -2.14. The maximum absolute atomic E-state index is 12.9. The van der Waals surface area contributed by atoms with Crippen LogP contribution in [-0.2, 0) is 4.79 Å². The predicted octanol–water partition coefficient (Wildman–Crippen LogP) is 3.87. The van der Waals surface area contributed by atoms with Crippen molar-refractivity contribution in [3.05, 3.63) is 0 Å². The van der Waals surface area contributed by atoms with Crippen molar-refractivity contribution in [1.82, 2.24) is 0 Å². The first-order chi connectivity index (χ1) is 6.52. The molecule has 4 heteroatoms. The van der Waals surface area contributed by atoms with Crippen molar-refractivity contribution in [3.63, 3.8) is 0 Å². The Hall–Kier alpha value is -0.120. The van der Waals surface area contributed by atoms with E-state index in [-0.39, 0.29) is 18.0 Å². The van der Waals surface area contributed by atoms with Crippen LogP contribution in [0, 0.1) is 0 Å². The molecule has 0 aromatic rings. The summed E-state index contributed by atoms with van der Waals surface area (Å²) in [5.41, 5.74) is 0. The second kappa shape index (κ2) is 7.21. The van der Waals surface area contributed by atoms with Crippen LogP contribution in [0.15, 0.2) is 0 Å². The molecule has 0 rings (SSSR count). The quantitative estimate of drug-likeness (QED) is 0.611. The molecule has 0 unspecified atom stereocenters. The molecule has 0 saturated heterocycles. The topological polar surface area (TPSA) is 17.1 Å². The van der Waals surface area contributed by atoms with Crippen molar-refractivity contribution < 1.29 is 13.6 Å². The molecule has 0 radical (unpaired) electrons. The van der Waals surface area contributed by atoms with E-state index in [1.54, 1.807) is 13.8 Å². The first-order valence-corrected chi connectivity index (χ1v) is 6.04. The summed E-state index contributed by atoms with van der Waals surface area (Å²) in [6.45, 7) is 3.53. The molecule has 0 aromatic heterocycles. The third-order valence-electron chi connectivity index (χ3n) is 1.85. The highest BCUT2D eigenvalue weighted by Crippen LogP contribution is 2.26. The maximum atomic E-state index is 12.9. The van der Waals surface area contributed by atoms with Gasteiger partial charge in [0.05, 0.1) is 0 Å². The molecule has 0 aliphatic carbocycles. The molecule has 0 heterocycles. The van der Waals surface area contributed by atoms with Gasteiger partial charge in [0.15, 0.2) is 5.12 Å². The number of alkyl halides is 2. The fourth-order valence-corrected chi connectivity index (χ4v) is 1.83. The summed E-state index contributed by atoms with van der Waals surface area (Å²) >= 11 is 1.16. The highest BCUT2D eigenvalue weighted by atomic mass is 32.2. The van der Waals surface area contributed by atoms with Crippen molar-refractivity contribution in [2.75, 3.05) is 5.75 Å². The van der Waals surface area contributed by atoms with Crippen LogP contribution in [0.3, 0.4) is 0 Å². The Balaban J connectivity index is 3.48. The minimum absolute atomic E-state index is 0.0423. The molecule has 0 N–H and O–H groups in total. The van der Waals surface area contributed by atoms with Gasteiger partial charge in [-0.05, 0) is 6.42 Å². The van der Waals surface area contributed by atoms with Crippen LogP contribution >= 0.6 is 11.8 Å². The van der Waals surface area contributed by atoms with Crippen LogP contribution in [0.2, 0.25) is 0 Å². The van der Waals surface area contributed by atoms with E-state index < -0.39 is 5.92 Å². The molecule has 0 amide bonds. The molecule has 1 nitrogen and oxygen atoms in total. The van der Waals surface area contributed by atoms with E-state index in [1.165, 1.54) is 0 Å². The van der Waals surface area contributed by atoms with Gasteiger partial charge in [0, 0.05) is 25.0 Å². The van der Waals surface area contributed by atoms with Gasteiger partial charge >= 0.3 is 0 Å². The minimum Gasteiger partial charge on any atom is -0.287 e. The Morgan fingerprint density at radius 3 is 2.43 bits per heavy atom. The maximum Gasteiger partial charge on any atom is 0.248 e. The molecular weight excluding hydrogens is 206 g/mol. The van der Waals surface area contributed by atoms with Gasteiger partial charge in [-0.25, -0.2) is 8.78 Å². The SMILES string of the molecule is CCCC(F)(F)CCCSC(=O)CC. The van der Waals surface area contributed by atoms with Gasteiger partial charge < -0.3 is 0 Å². The zero-order valence-corrected chi connectivity index (χ0v) is 9.63. The Bertz CT molecular complexity index is 172. The Morgan fingerprint density at radius 1 is 1.29 bits per heavy atom. The fourth-order valence-electron chi connectivity index (χ4n) is 1.11. The second-order valence-electron chi connectivity index (χ2n) is 3.28. The Labute approximate surface area is 88.6 Å². The standard InChI is InChI=1S/C10H18F2OS/c1-3-6-10(11,12)7-5-8-14-9(13)4-2/h3-8H2,1-2H3. The van der Waals surface area contributed by atoms with E-state index in [0.717, 1.165) is 11.8 Å². The van der Waals surface area contributed by atoms with Crippen LogP contribution in [-0.4, -0.2) is 16.8 Å². The monoisotopic (exact) mass is 224 g/mol. The van der Waals surface area contributed by atoms with Crippen LogP contribution in [0.4, 0.5) is 8.78 Å². The summed E-state index contributed by atoms with van der Waals surface area (Å²) in [4.78, 5) is 10.8. The van der Waals surface area contributed by atoms with Gasteiger partial charge in [-0.2, -0.15) is 0 Å². The lowest BCUT2D eigenvalue weighted by atomic mass is 10.1. The number of rotatable bonds is 7. The Kier molecular flexibility index (Phi) is 7.15. The molecule has 84 valence electrons. The zero-order valence-electron chi connectivity index (χ0n) is 8.82. The smallest absolute Gasteiger partial charge is 0.248 e. The second-order valence-corrected chi connectivity index (χ2v) is 4.44. The number of carbonyl (C=O) groups is 1. The van der Waals surface area contributed by atoms with Crippen LogP contribution in [0.25, 0.3) is 0 Å². The number of carbonyl (C=O) groups excluding carboxylic acids is 1. The predicted molar refractivity (Wildman–Crippen MR) is 56.8 cm³/mol. The lowest BCUT2D eigenvalue weighted by molar-refractivity contribution is -0.110. The van der Waals surface area contributed by atoms with Crippen molar-refractivity contribution in [2.24, 2.45) is 0 Å². The molecule has 0 fully saturated rings. The van der Waals surface area contributed by atoms with Crippen LogP contribution in [0.1, 0.15) is 46.0 Å². The number of halogens is 2. The number of hydrogen-bond acceptors (Lipinski definition) is 2. The number of hydrogen-bond donors (Lipinski definition) is 0.